The van der Waals surface area contributed by atoms with E-state index < -0.39 is 5.91 Å². The van der Waals surface area contributed by atoms with Crippen LogP contribution in [0.25, 0.3) is 0 Å². The van der Waals surface area contributed by atoms with Crippen molar-refractivity contribution in [2.24, 2.45) is 0 Å². The predicted octanol–water partition coefficient (Wildman–Crippen LogP) is 4.41. The molecule has 0 aliphatic rings. The quantitative estimate of drug-likeness (QED) is 0.646. The Kier molecular flexibility index (Phi) is 5.40. The van der Waals surface area contributed by atoms with Crippen LogP contribution in [0.5, 0.6) is 0 Å². The number of carbonyl (C=O) groups is 1. The summed E-state index contributed by atoms with van der Waals surface area (Å²) in [6, 6.07) is 14.5. The number of nitriles is 1. The fraction of sp³-hybridized carbons (Fsp3) is 0.111. The van der Waals surface area contributed by atoms with Crippen LogP contribution in [0.4, 0.5) is 11.4 Å². The summed E-state index contributed by atoms with van der Waals surface area (Å²) in [5, 5.41) is 15.3. The maximum atomic E-state index is 12.1. The minimum absolute atomic E-state index is 0.0248. The van der Waals surface area contributed by atoms with Gasteiger partial charge in [0.25, 0.3) is 5.91 Å². The van der Waals surface area contributed by atoms with E-state index in [2.05, 4.69) is 10.6 Å². The van der Waals surface area contributed by atoms with Gasteiger partial charge in [-0.15, -0.1) is 0 Å². The molecule has 2 rings (SSSR count). The number of aryl methyl sites for hydroxylation is 2. The molecule has 0 aliphatic heterocycles. The van der Waals surface area contributed by atoms with E-state index in [4.69, 9.17) is 16.9 Å². The van der Waals surface area contributed by atoms with Crippen LogP contribution >= 0.6 is 11.6 Å². The van der Waals surface area contributed by atoms with Crippen molar-refractivity contribution in [3.63, 3.8) is 0 Å². The van der Waals surface area contributed by atoms with Crippen LogP contribution in [0.2, 0.25) is 5.02 Å². The van der Waals surface area contributed by atoms with E-state index in [1.54, 1.807) is 24.3 Å². The molecule has 0 saturated carbocycles. The average molecular weight is 326 g/mol. The number of hydrogen-bond donors (Lipinski definition) is 2. The lowest BCUT2D eigenvalue weighted by molar-refractivity contribution is -0.112. The van der Waals surface area contributed by atoms with Crippen LogP contribution in [0.1, 0.15) is 11.1 Å². The summed E-state index contributed by atoms with van der Waals surface area (Å²) >= 11 is 5.87. The highest BCUT2D eigenvalue weighted by Gasteiger charge is 2.09. The highest BCUT2D eigenvalue weighted by Crippen LogP contribution is 2.17. The summed E-state index contributed by atoms with van der Waals surface area (Å²) in [5.74, 6) is -0.494. The summed E-state index contributed by atoms with van der Waals surface area (Å²) in [6.07, 6.45) is 1.39. The van der Waals surface area contributed by atoms with Gasteiger partial charge in [-0.3, -0.25) is 4.79 Å². The second kappa shape index (κ2) is 7.48. The van der Waals surface area contributed by atoms with Crippen molar-refractivity contribution >= 4 is 28.9 Å². The lowest BCUT2D eigenvalue weighted by Gasteiger charge is -2.07. The molecule has 5 heteroatoms. The molecule has 0 heterocycles. The van der Waals surface area contributed by atoms with Gasteiger partial charge in [-0.2, -0.15) is 5.26 Å². The number of hydrogen-bond acceptors (Lipinski definition) is 3. The third-order valence-corrected chi connectivity index (χ3v) is 3.57. The largest absolute Gasteiger partial charge is 0.360 e. The Morgan fingerprint density at radius 2 is 1.91 bits per heavy atom. The van der Waals surface area contributed by atoms with E-state index in [0.717, 1.165) is 11.3 Å². The molecule has 2 N–H and O–H groups in total. The van der Waals surface area contributed by atoms with E-state index in [1.807, 2.05) is 38.1 Å². The Morgan fingerprint density at radius 3 is 2.57 bits per heavy atom. The first-order chi connectivity index (χ1) is 11.0. The van der Waals surface area contributed by atoms with E-state index in [0.29, 0.717) is 10.7 Å². The summed E-state index contributed by atoms with van der Waals surface area (Å²) < 4.78 is 0. The second-order valence-electron chi connectivity index (χ2n) is 5.08. The van der Waals surface area contributed by atoms with E-state index >= 15 is 0 Å². The number of benzene rings is 2. The molecule has 0 fully saturated rings. The summed E-state index contributed by atoms with van der Waals surface area (Å²) in [5.41, 5.74) is 3.64. The van der Waals surface area contributed by atoms with Crippen LogP contribution in [-0.4, -0.2) is 5.91 Å². The van der Waals surface area contributed by atoms with Crippen molar-refractivity contribution < 1.29 is 4.79 Å². The lowest BCUT2D eigenvalue weighted by Crippen LogP contribution is -2.14. The van der Waals surface area contributed by atoms with Crippen molar-refractivity contribution in [2.75, 3.05) is 10.6 Å². The standard InChI is InChI=1S/C18H16ClN3O/c1-12-6-7-16(8-13(12)2)21-11-14(10-20)18(23)22-17-5-3-4-15(19)9-17/h3-9,11,21H,1-2H3,(H,22,23). The van der Waals surface area contributed by atoms with Gasteiger partial charge >= 0.3 is 0 Å². The van der Waals surface area contributed by atoms with E-state index in [1.165, 1.54) is 11.8 Å². The molecule has 0 unspecified atom stereocenters. The van der Waals surface area contributed by atoms with Crippen molar-refractivity contribution in [3.05, 3.63) is 70.4 Å². The van der Waals surface area contributed by atoms with Gasteiger partial charge in [0, 0.05) is 22.6 Å². The maximum absolute atomic E-state index is 12.1. The van der Waals surface area contributed by atoms with Crippen molar-refractivity contribution in [2.45, 2.75) is 13.8 Å². The Bertz CT molecular complexity index is 806. The molecular weight excluding hydrogens is 310 g/mol. The summed E-state index contributed by atoms with van der Waals surface area (Å²) in [4.78, 5) is 12.1. The molecular formula is C18H16ClN3O. The third-order valence-electron chi connectivity index (χ3n) is 3.34. The first kappa shape index (κ1) is 16.6. The summed E-state index contributed by atoms with van der Waals surface area (Å²) in [7, 11) is 0. The van der Waals surface area contributed by atoms with Crippen LogP contribution in [0.3, 0.4) is 0 Å². The van der Waals surface area contributed by atoms with Gasteiger partial charge in [0.15, 0.2) is 0 Å². The molecule has 0 aromatic heterocycles. The molecule has 0 aliphatic carbocycles. The number of halogens is 1. The highest BCUT2D eigenvalue weighted by atomic mass is 35.5. The Labute approximate surface area is 140 Å². The number of carbonyl (C=O) groups excluding carboxylic acids is 1. The maximum Gasteiger partial charge on any atom is 0.267 e. The topological polar surface area (TPSA) is 64.9 Å². The average Bonchev–Trinajstić information content (AvgIpc) is 2.51. The number of anilines is 2. The molecule has 0 bridgehead atoms. The first-order valence-corrected chi connectivity index (χ1v) is 7.38. The SMILES string of the molecule is Cc1ccc(NC=C(C#N)C(=O)Nc2cccc(Cl)c2)cc1C. The zero-order valence-corrected chi connectivity index (χ0v) is 13.6. The van der Waals surface area contributed by atoms with Crippen LogP contribution in [0.15, 0.2) is 54.2 Å². The molecule has 0 atom stereocenters. The molecule has 0 spiro atoms. The molecule has 0 saturated heterocycles. The smallest absolute Gasteiger partial charge is 0.267 e. The molecule has 1 amide bonds. The van der Waals surface area contributed by atoms with Crippen molar-refractivity contribution in [1.82, 2.24) is 0 Å². The van der Waals surface area contributed by atoms with Gasteiger partial charge in [0.1, 0.15) is 11.6 Å². The van der Waals surface area contributed by atoms with Crippen molar-refractivity contribution in [3.8, 4) is 6.07 Å². The highest BCUT2D eigenvalue weighted by molar-refractivity contribution is 6.31. The number of amides is 1. The Morgan fingerprint density at radius 1 is 1.13 bits per heavy atom. The number of rotatable bonds is 4. The Hall–Kier alpha value is -2.77. The van der Waals surface area contributed by atoms with Gasteiger partial charge in [-0.05, 0) is 55.3 Å². The van der Waals surface area contributed by atoms with Gasteiger partial charge in [0.05, 0.1) is 0 Å². The molecule has 2 aromatic rings. The zero-order valence-electron chi connectivity index (χ0n) is 12.9. The summed E-state index contributed by atoms with van der Waals surface area (Å²) in [6.45, 7) is 4.02. The van der Waals surface area contributed by atoms with Gasteiger partial charge in [-0.1, -0.05) is 23.7 Å². The Balaban J connectivity index is 2.10. The number of nitrogens with one attached hydrogen (secondary N) is 2. The second-order valence-corrected chi connectivity index (χ2v) is 5.51. The van der Waals surface area contributed by atoms with Gasteiger partial charge < -0.3 is 10.6 Å². The van der Waals surface area contributed by atoms with Crippen LogP contribution in [-0.2, 0) is 4.79 Å². The van der Waals surface area contributed by atoms with E-state index in [9.17, 15) is 4.79 Å². The van der Waals surface area contributed by atoms with Crippen molar-refractivity contribution in [1.29, 1.82) is 5.26 Å². The fourth-order valence-electron chi connectivity index (χ4n) is 1.90. The zero-order chi connectivity index (χ0) is 16.8. The van der Waals surface area contributed by atoms with Crippen LogP contribution in [0, 0.1) is 25.2 Å². The van der Waals surface area contributed by atoms with E-state index in [-0.39, 0.29) is 5.57 Å². The lowest BCUT2D eigenvalue weighted by atomic mass is 10.1. The normalized spacial score (nSPS) is 10.8. The predicted molar refractivity (Wildman–Crippen MR) is 93.3 cm³/mol. The van der Waals surface area contributed by atoms with Gasteiger partial charge in [-0.25, -0.2) is 0 Å². The minimum atomic E-state index is -0.494. The molecule has 116 valence electrons. The first-order valence-electron chi connectivity index (χ1n) is 7.00. The molecule has 0 radical (unpaired) electrons. The number of nitrogens with zero attached hydrogens (tertiary/aromatic N) is 1. The fourth-order valence-corrected chi connectivity index (χ4v) is 2.09. The minimum Gasteiger partial charge on any atom is -0.360 e. The molecule has 23 heavy (non-hydrogen) atoms. The van der Waals surface area contributed by atoms with Crippen LogP contribution < -0.4 is 10.6 Å². The third kappa shape index (κ3) is 4.60. The molecule has 4 nitrogen and oxygen atoms in total. The molecule has 2 aromatic carbocycles. The monoisotopic (exact) mass is 325 g/mol. The van der Waals surface area contributed by atoms with Gasteiger partial charge in [0.2, 0.25) is 0 Å².